The minimum atomic E-state index is -0.435. The predicted octanol–water partition coefficient (Wildman–Crippen LogP) is 11.1. The molecule has 0 radical (unpaired) electrons. The number of allylic oxidation sites excluding steroid dienone is 2. The number of hydrogen-bond acceptors (Lipinski definition) is 3. The van der Waals surface area contributed by atoms with E-state index in [-0.39, 0.29) is 11.8 Å². The molecule has 5 heteroatoms. The number of nitrogens with one attached hydrogen (secondary N) is 2. The Morgan fingerprint density at radius 1 is 0.556 bits per heavy atom. The maximum absolute atomic E-state index is 12.9. The van der Waals surface area contributed by atoms with Crippen molar-refractivity contribution in [2.24, 2.45) is 0 Å². The average Bonchev–Trinajstić information content (AvgIpc) is 3.02. The van der Waals surface area contributed by atoms with Gasteiger partial charge in [0.2, 0.25) is 11.8 Å². The molecule has 5 nitrogen and oxygen atoms in total. The van der Waals surface area contributed by atoms with Crippen molar-refractivity contribution in [1.82, 2.24) is 15.5 Å². The number of carbonyl (C=O) groups excluding carboxylic acids is 2. The molecule has 0 aromatic rings. The van der Waals surface area contributed by atoms with Crippen LogP contribution in [0.2, 0.25) is 0 Å². The lowest BCUT2D eigenvalue weighted by atomic mass is 10.0. The van der Waals surface area contributed by atoms with E-state index in [1.54, 1.807) is 0 Å². The SMILES string of the molecule is CCCCCCCCC=CCCCCCCCC(=O)NC(CCN(C)C)C(=O)NCCCCCCCCCCCCCCCC. The highest BCUT2D eigenvalue weighted by Gasteiger charge is 2.20. The third-order valence-corrected chi connectivity index (χ3v) is 9.01. The third-order valence-electron chi connectivity index (χ3n) is 9.01. The quantitative estimate of drug-likeness (QED) is 0.0539. The summed E-state index contributed by atoms with van der Waals surface area (Å²) >= 11 is 0. The molecule has 0 aromatic carbocycles. The fraction of sp³-hybridized carbons (Fsp3) is 0.900. The topological polar surface area (TPSA) is 61.4 Å². The number of amides is 2. The molecule has 2 amide bonds. The van der Waals surface area contributed by atoms with Crippen LogP contribution in [0.5, 0.6) is 0 Å². The van der Waals surface area contributed by atoms with Gasteiger partial charge >= 0.3 is 0 Å². The lowest BCUT2D eigenvalue weighted by molar-refractivity contribution is -0.129. The van der Waals surface area contributed by atoms with Crippen molar-refractivity contribution in [3.05, 3.63) is 12.2 Å². The van der Waals surface area contributed by atoms with Gasteiger partial charge in [-0.3, -0.25) is 9.59 Å². The fourth-order valence-corrected chi connectivity index (χ4v) is 5.93. The second kappa shape index (κ2) is 35.5. The van der Waals surface area contributed by atoms with Crippen molar-refractivity contribution in [2.75, 3.05) is 27.2 Å². The van der Waals surface area contributed by atoms with Gasteiger partial charge in [-0.2, -0.15) is 0 Å². The standard InChI is InChI=1S/C40H79N3O2/c1-5-7-9-11-13-15-17-19-21-22-24-26-28-30-32-34-39(44)42-38(35-37-43(3)4)40(45)41-36-33-31-29-27-25-23-20-18-16-14-12-10-8-6-2/h19,21,38H,5-18,20,22-37H2,1-4H3,(H,41,45)(H,42,44). The fourth-order valence-electron chi connectivity index (χ4n) is 5.93. The summed E-state index contributed by atoms with van der Waals surface area (Å²) in [6.07, 6.45) is 40.8. The summed E-state index contributed by atoms with van der Waals surface area (Å²) in [6.45, 7) is 6.04. The normalized spacial score (nSPS) is 12.3. The molecule has 0 aliphatic rings. The van der Waals surface area contributed by atoms with Gasteiger partial charge in [0, 0.05) is 13.0 Å². The van der Waals surface area contributed by atoms with Crippen LogP contribution >= 0.6 is 0 Å². The first-order valence-corrected chi connectivity index (χ1v) is 19.9. The van der Waals surface area contributed by atoms with Gasteiger partial charge in [0.1, 0.15) is 6.04 Å². The van der Waals surface area contributed by atoms with E-state index in [4.69, 9.17) is 0 Å². The van der Waals surface area contributed by atoms with Crippen LogP contribution in [-0.4, -0.2) is 49.9 Å². The van der Waals surface area contributed by atoms with E-state index >= 15 is 0 Å². The maximum Gasteiger partial charge on any atom is 0.242 e. The largest absolute Gasteiger partial charge is 0.354 e. The van der Waals surface area contributed by atoms with Gasteiger partial charge in [0.15, 0.2) is 0 Å². The molecule has 1 unspecified atom stereocenters. The highest BCUT2D eigenvalue weighted by molar-refractivity contribution is 5.87. The van der Waals surface area contributed by atoms with Crippen molar-refractivity contribution in [2.45, 2.75) is 206 Å². The lowest BCUT2D eigenvalue weighted by Crippen LogP contribution is -2.48. The Hall–Kier alpha value is -1.36. The molecule has 266 valence electrons. The summed E-state index contributed by atoms with van der Waals surface area (Å²) in [7, 11) is 4.02. The molecule has 0 spiro atoms. The molecule has 0 heterocycles. The first kappa shape index (κ1) is 43.6. The number of carbonyl (C=O) groups is 2. The van der Waals surface area contributed by atoms with E-state index in [1.807, 2.05) is 14.1 Å². The van der Waals surface area contributed by atoms with Crippen molar-refractivity contribution < 1.29 is 9.59 Å². The van der Waals surface area contributed by atoms with Gasteiger partial charge in [0.25, 0.3) is 0 Å². The summed E-state index contributed by atoms with van der Waals surface area (Å²) in [6, 6.07) is -0.435. The molecule has 2 N–H and O–H groups in total. The molecule has 0 saturated heterocycles. The van der Waals surface area contributed by atoms with Crippen LogP contribution in [0.15, 0.2) is 12.2 Å². The van der Waals surface area contributed by atoms with Crippen LogP contribution in [0.25, 0.3) is 0 Å². The van der Waals surface area contributed by atoms with Crippen molar-refractivity contribution >= 4 is 11.8 Å². The Morgan fingerprint density at radius 2 is 0.956 bits per heavy atom. The van der Waals surface area contributed by atoms with Gasteiger partial charge < -0.3 is 15.5 Å². The maximum atomic E-state index is 12.9. The zero-order chi connectivity index (χ0) is 33.1. The summed E-state index contributed by atoms with van der Waals surface area (Å²) in [5.41, 5.74) is 0. The minimum absolute atomic E-state index is 0.0167. The molecule has 0 aromatic heterocycles. The van der Waals surface area contributed by atoms with Crippen molar-refractivity contribution in [3.63, 3.8) is 0 Å². The molecule has 0 aliphatic heterocycles. The van der Waals surface area contributed by atoms with Crippen molar-refractivity contribution in [1.29, 1.82) is 0 Å². The minimum Gasteiger partial charge on any atom is -0.354 e. The van der Waals surface area contributed by atoms with Crippen LogP contribution in [0.1, 0.15) is 200 Å². The summed E-state index contributed by atoms with van der Waals surface area (Å²) in [5.74, 6) is -0.00697. The van der Waals surface area contributed by atoms with Gasteiger partial charge in [0.05, 0.1) is 0 Å². The summed E-state index contributed by atoms with van der Waals surface area (Å²) < 4.78 is 0. The molecule has 0 bridgehead atoms. The van der Waals surface area contributed by atoms with Gasteiger partial charge in [-0.05, 0) is 65.6 Å². The molecule has 0 fully saturated rings. The molecule has 0 rings (SSSR count). The Balaban J connectivity index is 3.86. The van der Waals surface area contributed by atoms with Crippen LogP contribution in [0, 0.1) is 0 Å². The number of unbranched alkanes of at least 4 members (excludes halogenated alkanes) is 24. The third kappa shape index (κ3) is 33.8. The van der Waals surface area contributed by atoms with Crippen molar-refractivity contribution in [3.8, 4) is 0 Å². The van der Waals surface area contributed by atoms with Crippen LogP contribution in [0.4, 0.5) is 0 Å². The zero-order valence-electron chi connectivity index (χ0n) is 30.9. The Bertz CT molecular complexity index is 664. The second-order valence-corrected chi connectivity index (χ2v) is 13.9. The molecule has 45 heavy (non-hydrogen) atoms. The summed E-state index contributed by atoms with van der Waals surface area (Å²) in [5, 5.41) is 6.14. The van der Waals surface area contributed by atoms with E-state index in [0.717, 1.165) is 25.8 Å². The van der Waals surface area contributed by atoms with Gasteiger partial charge in [-0.25, -0.2) is 0 Å². The molecule has 1 atom stereocenters. The lowest BCUT2D eigenvalue weighted by Gasteiger charge is -2.20. The van der Waals surface area contributed by atoms with Crippen LogP contribution in [0.3, 0.4) is 0 Å². The van der Waals surface area contributed by atoms with Crippen LogP contribution < -0.4 is 10.6 Å². The molecular weight excluding hydrogens is 554 g/mol. The highest BCUT2D eigenvalue weighted by Crippen LogP contribution is 2.13. The van der Waals surface area contributed by atoms with Gasteiger partial charge in [-0.1, -0.05) is 161 Å². The first-order valence-electron chi connectivity index (χ1n) is 19.9. The first-order chi connectivity index (χ1) is 22.0. The molecule has 0 saturated carbocycles. The highest BCUT2D eigenvalue weighted by atomic mass is 16.2. The molecular formula is C40H79N3O2. The Labute approximate surface area is 281 Å². The van der Waals surface area contributed by atoms with E-state index < -0.39 is 6.04 Å². The monoisotopic (exact) mass is 634 g/mol. The van der Waals surface area contributed by atoms with Gasteiger partial charge in [-0.15, -0.1) is 0 Å². The van der Waals surface area contributed by atoms with E-state index in [2.05, 4.69) is 41.5 Å². The van der Waals surface area contributed by atoms with E-state index in [1.165, 1.54) is 154 Å². The second-order valence-electron chi connectivity index (χ2n) is 13.9. The Morgan fingerprint density at radius 3 is 1.40 bits per heavy atom. The summed E-state index contributed by atoms with van der Waals surface area (Å²) in [4.78, 5) is 27.6. The predicted molar refractivity (Wildman–Crippen MR) is 198 cm³/mol. The smallest absolute Gasteiger partial charge is 0.242 e. The number of rotatable bonds is 35. The van der Waals surface area contributed by atoms with Crippen LogP contribution in [-0.2, 0) is 9.59 Å². The Kier molecular flexibility index (Phi) is 34.4. The zero-order valence-corrected chi connectivity index (χ0v) is 30.9. The van der Waals surface area contributed by atoms with E-state index in [0.29, 0.717) is 19.4 Å². The molecule has 0 aliphatic carbocycles. The number of hydrogen-bond donors (Lipinski definition) is 2. The van der Waals surface area contributed by atoms with E-state index in [9.17, 15) is 9.59 Å². The number of nitrogens with zero attached hydrogens (tertiary/aromatic N) is 1. The average molecular weight is 634 g/mol.